The lowest BCUT2D eigenvalue weighted by molar-refractivity contribution is -0.171. The topological polar surface area (TPSA) is 18.5 Å². The lowest BCUT2D eigenvalue weighted by Gasteiger charge is -2.25. The minimum absolute atomic E-state index is 0.470. The molecular weight excluding hydrogens is 144 g/mol. The van der Waals surface area contributed by atoms with Crippen molar-refractivity contribution in [2.75, 3.05) is 14.2 Å². The highest BCUT2D eigenvalue weighted by atomic mass is 28.1. The molecule has 0 aromatic rings. The molecule has 0 heterocycles. The van der Waals surface area contributed by atoms with Crippen LogP contribution in [0, 0.1) is 0 Å². The normalized spacial score (nSPS) is 13.1. The Morgan fingerprint density at radius 1 is 1.40 bits per heavy atom. The van der Waals surface area contributed by atoms with Crippen LogP contribution in [-0.2, 0) is 9.47 Å². The highest BCUT2D eigenvalue weighted by Crippen LogP contribution is 2.16. The van der Waals surface area contributed by atoms with Gasteiger partial charge >= 0.3 is 0 Å². The monoisotopic (exact) mass is 160 g/mol. The van der Waals surface area contributed by atoms with Crippen molar-refractivity contribution in [3.63, 3.8) is 0 Å². The van der Waals surface area contributed by atoms with Crippen molar-refractivity contribution in [3.8, 4) is 0 Å². The summed E-state index contributed by atoms with van der Waals surface area (Å²) in [5.41, 5.74) is 2.07. The zero-order valence-electron chi connectivity index (χ0n) is 7.18. The fraction of sp³-hybridized carbons (Fsp3) is 0.714. The van der Waals surface area contributed by atoms with Crippen LogP contribution in [0.1, 0.15) is 13.3 Å². The van der Waals surface area contributed by atoms with Crippen LogP contribution in [0.15, 0.2) is 11.8 Å². The molecular formula is C7H16O2Si. The van der Waals surface area contributed by atoms with Crippen molar-refractivity contribution < 1.29 is 9.47 Å². The van der Waals surface area contributed by atoms with Gasteiger partial charge in [-0.05, 0) is 6.08 Å². The minimum Gasteiger partial charge on any atom is -0.350 e. The van der Waals surface area contributed by atoms with Crippen LogP contribution in [0.4, 0.5) is 0 Å². The van der Waals surface area contributed by atoms with Gasteiger partial charge in [0.05, 0.1) is 0 Å². The van der Waals surface area contributed by atoms with E-state index in [9.17, 15) is 0 Å². The summed E-state index contributed by atoms with van der Waals surface area (Å²) in [5, 5.41) is 0. The van der Waals surface area contributed by atoms with Crippen molar-refractivity contribution in [2.45, 2.75) is 19.1 Å². The highest BCUT2D eigenvalue weighted by molar-refractivity contribution is 6.17. The number of hydrogen-bond acceptors (Lipinski definition) is 2. The molecule has 0 aromatic carbocycles. The van der Waals surface area contributed by atoms with E-state index in [0.29, 0.717) is 0 Å². The van der Waals surface area contributed by atoms with Gasteiger partial charge in [0.15, 0.2) is 5.79 Å². The zero-order chi connectivity index (χ0) is 8.04. The largest absolute Gasteiger partial charge is 0.350 e. The molecule has 0 saturated heterocycles. The molecule has 0 aromatic heterocycles. The quantitative estimate of drug-likeness (QED) is 0.434. The fourth-order valence-electron chi connectivity index (χ4n) is 0.880. The maximum atomic E-state index is 5.19. The van der Waals surface area contributed by atoms with E-state index < -0.39 is 5.79 Å². The third kappa shape index (κ3) is 2.25. The first kappa shape index (κ1) is 9.88. The third-order valence-corrected chi connectivity index (χ3v) is 1.94. The van der Waals surface area contributed by atoms with E-state index in [0.717, 1.165) is 16.7 Å². The SMILES string of the molecule is CCC(C=C[SiH3])(OC)OC. The molecule has 3 heteroatoms. The second kappa shape index (κ2) is 4.66. The highest BCUT2D eigenvalue weighted by Gasteiger charge is 2.21. The Bertz CT molecular complexity index is 99.9. The van der Waals surface area contributed by atoms with E-state index in [4.69, 9.17) is 9.47 Å². The molecule has 60 valence electrons. The van der Waals surface area contributed by atoms with Gasteiger partial charge in [-0.3, -0.25) is 0 Å². The van der Waals surface area contributed by atoms with Crippen molar-refractivity contribution >= 4 is 10.2 Å². The van der Waals surface area contributed by atoms with Crippen molar-refractivity contribution in [1.29, 1.82) is 0 Å². The summed E-state index contributed by atoms with van der Waals surface area (Å²) in [4.78, 5) is 0. The molecule has 0 N–H and O–H groups in total. The molecule has 10 heavy (non-hydrogen) atoms. The van der Waals surface area contributed by atoms with Crippen LogP contribution in [0.3, 0.4) is 0 Å². The maximum absolute atomic E-state index is 5.19. The van der Waals surface area contributed by atoms with Crippen LogP contribution in [0.2, 0.25) is 0 Å². The van der Waals surface area contributed by atoms with E-state index in [-0.39, 0.29) is 0 Å². The summed E-state index contributed by atoms with van der Waals surface area (Å²) in [5.74, 6) is -0.470. The van der Waals surface area contributed by atoms with Crippen LogP contribution in [0.25, 0.3) is 0 Å². The number of methoxy groups -OCH3 is 2. The average molecular weight is 160 g/mol. The van der Waals surface area contributed by atoms with Gasteiger partial charge in [-0.1, -0.05) is 6.92 Å². The van der Waals surface area contributed by atoms with Crippen LogP contribution >= 0.6 is 0 Å². The lowest BCUT2D eigenvalue weighted by atomic mass is 10.2. The number of ether oxygens (including phenoxy) is 2. The smallest absolute Gasteiger partial charge is 0.186 e. The summed E-state index contributed by atoms with van der Waals surface area (Å²) in [6, 6.07) is 0. The molecule has 2 nitrogen and oxygen atoms in total. The van der Waals surface area contributed by atoms with Gasteiger partial charge in [0.1, 0.15) is 0 Å². The molecule has 0 amide bonds. The molecule has 0 atom stereocenters. The summed E-state index contributed by atoms with van der Waals surface area (Å²) in [6.45, 7) is 2.04. The summed E-state index contributed by atoms with van der Waals surface area (Å²) in [7, 11) is 4.37. The second-order valence-electron chi connectivity index (χ2n) is 2.07. The molecule has 0 bridgehead atoms. The van der Waals surface area contributed by atoms with Gasteiger partial charge in [-0.15, -0.1) is 5.70 Å². The summed E-state index contributed by atoms with van der Waals surface area (Å²) in [6.07, 6.45) is 2.82. The first-order valence-electron chi connectivity index (χ1n) is 3.48. The van der Waals surface area contributed by atoms with Crippen LogP contribution in [-0.4, -0.2) is 30.2 Å². The Balaban J connectivity index is 4.15. The Labute approximate surface area is 65.6 Å². The van der Waals surface area contributed by atoms with Crippen molar-refractivity contribution in [1.82, 2.24) is 0 Å². The molecule has 0 spiro atoms. The predicted octanol–water partition coefficient (Wildman–Crippen LogP) is 0.265. The van der Waals surface area contributed by atoms with E-state index in [1.165, 1.54) is 0 Å². The molecule has 0 saturated carbocycles. The Morgan fingerprint density at radius 2 is 1.90 bits per heavy atom. The molecule has 0 aliphatic rings. The van der Waals surface area contributed by atoms with E-state index in [2.05, 4.69) is 5.70 Å². The van der Waals surface area contributed by atoms with E-state index in [1.54, 1.807) is 14.2 Å². The Kier molecular flexibility index (Phi) is 4.60. The van der Waals surface area contributed by atoms with E-state index in [1.807, 2.05) is 13.0 Å². The first-order chi connectivity index (χ1) is 4.74. The van der Waals surface area contributed by atoms with Crippen molar-refractivity contribution in [2.24, 2.45) is 0 Å². The standard InChI is InChI=1S/C7H16O2Si/c1-4-7(8-2,9-3)5-6-10/h5-6H,4H2,1-3,10H3. The van der Waals surface area contributed by atoms with Gasteiger partial charge in [0.25, 0.3) is 0 Å². The minimum atomic E-state index is -0.470. The number of rotatable bonds is 4. The van der Waals surface area contributed by atoms with Gasteiger partial charge in [-0.2, -0.15) is 0 Å². The van der Waals surface area contributed by atoms with Crippen LogP contribution in [0.5, 0.6) is 0 Å². The first-order valence-corrected chi connectivity index (χ1v) is 4.64. The Hall–Kier alpha value is -0.123. The fourth-order valence-corrected chi connectivity index (χ4v) is 1.39. The van der Waals surface area contributed by atoms with Gasteiger partial charge in [0.2, 0.25) is 0 Å². The van der Waals surface area contributed by atoms with Crippen LogP contribution < -0.4 is 0 Å². The predicted molar refractivity (Wildman–Crippen MR) is 46.1 cm³/mol. The van der Waals surface area contributed by atoms with Gasteiger partial charge < -0.3 is 9.47 Å². The second-order valence-corrected chi connectivity index (χ2v) is 2.74. The Morgan fingerprint density at radius 3 is 2.00 bits per heavy atom. The molecule has 0 unspecified atom stereocenters. The summed E-state index contributed by atoms with van der Waals surface area (Å²) < 4.78 is 10.4. The lowest BCUT2D eigenvalue weighted by Crippen LogP contribution is -2.30. The number of hydrogen-bond donors (Lipinski definition) is 0. The maximum Gasteiger partial charge on any atom is 0.186 e. The van der Waals surface area contributed by atoms with Crippen molar-refractivity contribution in [3.05, 3.63) is 11.8 Å². The van der Waals surface area contributed by atoms with Gasteiger partial charge in [-0.25, -0.2) is 0 Å². The zero-order valence-corrected chi connectivity index (χ0v) is 9.18. The molecule has 0 fully saturated rings. The molecule has 0 aliphatic heterocycles. The summed E-state index contributed by atoms with van der Waals surface area (Å²) >= 11 is 0. The van der Waals surface area contributed by atoms with E-state index >= 15 is 0 Å². The molecule has 0 radical (unpaired) electrons. The third-order valence-electron chi connectivity index (χ3n) is 1.60. The molecule has 0 aliphatic carbocycles. The average Bonchev–Trinajstić information content (AvgIpc) is 2.01. The van der Waals surface area contributed by atoms with Gasteiger partial charge in [0, 0.05) is 30.9 Å². The molecule has 0 rings (SSSR count).